The van der Waals surface area contributed by atoms with Gasteiger partial charge < -0.3 is 9.88 Å². The summed E-state index contributed by atoms with van der Waals surface area (Å²) in [6.07, 6.45) is 2.62. The second-order valence-corrected chi connectivity index (χ2v) is 6.47. The summed E-state index contributed by atoms with van der Waals surface area (Å²) in [5.74, 6) is 0.453. The van der Waals surface area contributed by atoms with Gasteiger partial charge in [-0.15, -0.1) is 0 Å². The molecular weight excluding hydrogens is 304 g/mol. The molecule has 0 atom stereocenters. The van der Waals surface area contributed by atoms with Gasteiger partial charge in [-0.2, -0.15) is 5.10 Å². The Kier molecular flexibility index (Phi) is 4.38. The largest absolute Gasteiger partial charge is 0.355 e. The van der Waals surface area contributed by atoms with Crippen molar-refractivity contribution in [3.63, 3.8) is 0 Å². The van der Waals surface area contributed by atoms with E-state index in [9.17, 15) is 9.59 Å². The summed E-state index contributed by atoms with van der Waals surface area (Å²) < 4.78 is 3.09. The number of hydrogen-bond donors (Lipinski definition) is 1. The van der Waals surface area contributed by atoms with Crippen LogP contribution in [-0.4, -0.2) is 26.8 Å². The Hall–Kier alpha value is -2.63. The number of amides is 1. The Morgan fingerprint density at radius 3 is 2.75 bits per heavy atom. The normalized spacial score (nSPS) is 11.5. The van der Waals surface area contributed by atoms with E-state index in [1.54, 1.807) is 17.8 Å². The number of para-hydroxylation sites is 1. The number of aryl methyl sites for hydroxylation is 1. The van der Waals surface area contributed by atoms with E-state index in [2.05, 4.69) is 24.3 Å². The van der Waals surface area contributed by atoms with Crippen molar-refractivity contribution >= 4 is 27.7 Å². The molecule has 2 heterocycles. The highest BCUT2D eigenvalue weighted by Gasteiger charge is 2.16. The zero-order valence-electron chi connectivity index (χ0n) is 14.2. The molecule has 1 N–H and O–H groups in total. The Labute approximate surface area is 140 Å². The maximum Gasteiger partial charge on any atom is 0.291 e. The molecule has 3 rings (SSSR count). The molecule has 0 aliphatic rings. The summed E-state index contributed by atoms with van der Waals surface area (Å²) in [6.45, 7) is 5.01. The molecule has 24 heavy (non-hydrogen) atoms. The van der Waals surface area contributed by atoms with Crippen molar-refractivity contribution in [2.24, 2.45) is 13.0 Å². The summed E-state index contributed by atoms with van der Waals surface area (Å²) in [5.41, 5.74) is 1.20. The summed E-state index contributed by atoms with van der Waals surface area (Å²) in [7, 11) is 1.62. The Balaban J connectivity index is 2.03. The number of nitrogens with zero attached hydrogens (tertiary/aromatic N) is 3. The van der Waals surface area contributed by atoms with E-state index >= 15 is 0 Å². The molecule has 0 unspecified atom stereocenters. The van der Waals surface area contributed by atoms with Crippen molar-refractivity contribution in [2.75, 3.05) is 6.54 Å². The summed E-state index contributed by atoms with van der Waals surface area (Å²) in [5, 5.41) is 8.76. The lowest BCUT2D eigenvalue weighted by atomic mass is 10.1. The van der Waals surface area contributed by atoms with E-state index in [1.165, 1.54) is 4.68 Å². The van der Waals surface area contributed by atoms with Crippen LogP contribution in [0.5, 0.6) is 0 Å². The van der Waals surface area contributed by atoms with E-state index in [0.29, 0.717) is 18.0 Å². The lowest BCUT2D eigenvalue weighted by molar-refractivity contribution is -0.121. The fourth-order valence-corrected chi connectivity index (χ4v) is 2.91. The maximum atomic E-state index is 12.6. The van der Waals surface area contributed by atoms with Gasteiger partial charge >= 0.3 is 0 Å². The number of aromatic nitrogens is 3. The van der Waals surface area contributed by atoms with Crippen molar-refractivity contribution in [2.45, 2.75) is 26.8 Å². The van der Waals surface area contributed by atoms with E-state index in [-0.39, 0.29) is 18.0 Å². The van der Waals surface area contributed by atoms with E-state index in [1.807, 2.05) is 24.3 Å². The van der Waals surface area contributed by atoms with Gasteiger partial charge in [-0.1, -0.05) is 32.0 Å². The Morgan fingerprint density at radius 1 is 1.25 bits per heavy atom. The third-order valence-electron chi connectivity index (χ3n) is 4.21. The van der Waals surface area contributed by atoms with Gasteiger partial charge in [0.2, 0.25) is 5.91 Å². The van der Waals surface area contributed by atoms with Gasteiger partial charge in [-0.05, 0) is 18.4 Å². The SMILES string of the molecule is CC(C)CCNC(=O)Cn1c2ccccc2c2cnn(C)c(=O)c21. The molecule has 3 aromatic rings. The fraction of sp³-hybridized carbons (Fsp3) is 0.389. The minimum atomic E-state index is -0.196. The summed E-state index contributed by atoms with van der Waals surface area (Å²) >= 11 is 0. The molecule has 0 fully saturated rings. The lowest BCUT2D eigenvalue weighted by Crippen LogP contribution is -2.30. The molecule has 0 spiro atoms. The first-order valence-corrected chi connectivity index (χ1v) is 8.19. The van der Waals surface area contributed by atoms with E-state index in [0.717, 1.165) is 22.7 Å². The van der Waals surface area contributed by atoms with Crippen molar-refractivity contribution in [1.29, 1.82) is 0 Å². The molecule has 2 aromatic heterocycles. The molecule has 0 bridgehead atoms. The number of fused-ring (bicyclic) bond motifs is 3. The third-order valence-corrected chi connectivity index (χ3v) is 4.21. The lowest BCUT2D eigenvalue weighted by Gasteiger charge is -2.10. The molecule has 126 valence electrons. The molecule has 0 aliphatic heterocycles. The van der Waals surface area contributed by atoms with Crippen LogP contribution in [0.25, 0.3) is 21.8 Å². The molecule has 0 saturated carbocycles. The highest BCUT2D eigenvalue weighted by Crippen LogP contribution is 2.25. The number of benzene rings is 1. The number of rotatable bonds is 5. The van der Waals surface area contributed by atoms with E-state index < -0.39 is 0 Å². The Morgan fingerprint density at radius 2 is 2.00 bits per heavy atom. The third kappa shape index (κ3) is 2.91. The predicted octanol–water partition coefficient (Wildman–Crippen LogP) is 2.05. The van der Waals surface area contributed by atoms with Crippen LogP contribution in [0.1, 0.15) is 20.3 Å². The number of carbonyl (C=O) groups is 1. The van der Waals surface area contributed by atoms with Crippen LogP contribution in [0, 0.1) is 5.92 Å². The van der Waals surface area contributed by atoms with Gasteiger partial charge in [-0.25, -0.2) is 4.68 Å². The zero-order chi connectivity index (χ0) is 17.3. The zero-order valence-corrected chi connectivity index (χ0v) is 14.2. The van der Waals surface area contributed by atoms with Gasteiger partial charge in [0.05, 0.1) is 6.20 Å². The van der Waals surface area contributed by atoms with Crippen LogP contribution in [0.15, 0.2) is 35.3 Å². The first-order chi connectivity index (χ1) is 11.5. The molecule has 0 aliphatic carbocycles. The van der Waals surface area contributed by atoms with Gasteiger partial charge in [0, 0.05) is 29.9 Å². The molecule has 0 radical (unpaired) electrons. The number of carbonyl (C=O) groups excluding carboxylic acids is 1. The van der Waals surface area contributed by atoms with Crippen LogP contribution < -0.4 is 10.9 Å². The topological polar surface area (TPSA) is 68.9 Å². The second-order valence-electron chi connectivity index (χ2n) is 6.47. The minimum Gasteiger partial charge on any atom is -0.355 e. The first-order valence-electron chi connectivity index (χ1n) is 8.19. The summed E-state index contributed by atoms with van der Waals surface area (Å²) in [4.78, 5) is 24.9. The molecule has 6 nitrogen and oxygen atoms in total. The molecule has 6 heteroatoms. The van der Waals surface area contributed by atoms with Crippen LogP contribution in [0.4, 0.5) is 0 Å². The monoisotopic (exact) mass is 326 g/mol. The van der Waals surface area contributed by atoms with Crippen LogP contribution >= 0.6 is 0 Å². The quantitative estimate of drug-likeness (QED) is 0.780. The maximum absolute atomic E-state index is 12.6. The van der Waals surface area contributed by atoms with Gasteiger partial charge in [0.25, 0.3) is 5.56 Å². The number of nitrogens with one attached hydrogen (secondary N) is 1. The average molecular weight is 326 g/mol. The van der Waals surface area contributed by atoms with Crippen molar-refractivity contribution < 1.29 is 4.79 Å². The molecule has 1 amide bonds. The van der Waals surface area contributed by atoms with Crippen molar-refractivity contribution in [3.8, 4) is 0 Å². The van der Waals surface area contributed by atoms with E-state index in [4.69, 9.17) is 0 Å². The number of hydrogen-bond acceptors (Lipinski definition) is 3. The smallest absolute Gasteiger partial charge is 0.291 e. The van der Waals surface area contributed by atoms with Gasteiger partial charge in [0.1, 0.15) is 12.1 Å². The Bertz CT molecular complexity index is 953. The predicted molar refractivity (Wildman–Crippen MR) is 94.9 cm³/mol. The molecule has 1 aromatic carbocycles. The fourth-order valence-electron chi connectivity index (χ4n) is 2.91. The molecule has 0 saturated heterocycles. The van der Waals surface area contributed by atoms with Crippen LogP contribution in [-0.2, 0) is 18.4 Å². The average Bonchev–Trinajstić information content (AvgIpc) is 2.85. The highest BCUT2D eigenvalue weighted by molar-refractivity contribution is 6.07. The van der Waals surface area contributed by atoms with Crippen LogP contribution in [0.2, 0.25) is 0 Å². The highest BCUT2D eigenvalue weighted by atomic mass is 16.2. The first kappa shape index (κ1) is 16.2. The van der Waals surface area contributed by atoms with Gasteiger partial charge in [-0.3, -0.25) is 9.59 Å². The minimum absolute atomic E-state index is 0.0860. The van der Waals surface area contributed by atoms with Crippen LogP contribution in [0.3, 0.4) is 0 Å². The molecular formula is C18H22N4O2. The van der Waals surface area contributed by atoms with Crippen molar-refractivity contribution in [3.05, 3.63) is 40.8 Å². The van der Waals surface area contributed by atoms with Crippen molar-refractivity contribution in [1.82, 2.24) is 19.7 Å². The summed E-state index contributed by atoms with van der Waals surface area (Å²) in [6, 6.07) is 7.71. The van der Waals surface area contributed by atoms with Gasteiger partial charge in [0.15, 0.2) is 0 Å². The standard InChI is InChI=1S/C18H22N4O2/c1-12(2)8-9-19-16(23)11-22-15-7-5-4-6-13(15)14-10-20-21(3)18(24)17(14)22/h4-7,10,12H,8-9,11H2,1-3H3,(H,19,23). The second kappa shape index (κ2) is 6.47.